The third-order valence-electron chi connectivity index (χ3n) is 3.00. The molecule has 0 fully saturated rings. The van der Waals surface area contributed by atoms with Crippen molar-refractivity contribution in [3.8, 4) is 0 Å². The standard InChI is InChI=1S/C12H16O4/c1-14-12(13)11-9(5-4-8-16-11)10-6-2-3-7-15-10/h3-4,7-11H,2,5-6H2,1H3. The number of rotatable bonds is 2. The van der Waals surface area contributed by atoms with Crippen LogP contribution < -0.4 is 0 Å². The molecule has 16 heavy (non-hydrogen) atoms. The minimum atomic E-state index is -0.536. The number of methoxy groups -OCH3 is 1. The van der Waals surface area contributed by atoms with Crippen molar-refractivity contribution in [2.75, 3.05) is 7.11 Å². The minimum absolute atomic E-state index is 0.0408. The molecule has 2 rings (SSSR count). The lowest BCUT2D eigenvalue weighted by Gasteiger charge is -2.33. The third kappa shape index (κ3) is 2.21. The van der Waals surface area contributed by atoms with Gasteiger partial charge in [-0.25, -0.2) is 4.79 Å². The molecule has 0 aromatic carbocycles. The molecule has 3 atom stereocenters. The third-order valence-corrected chi connectivity index (χ3v) is 3.00. The van der Waals surface area contributed by atoms with Crippen molar-refractivity contribution in [2.45, 2.75) is 31.5 Å². The summed E-state index contributed by atoms with van der Waals surface area (Å²) < 4.78 is 15.6. The van der Waals surface area contributed by atoms with E-state index in [0.29, 0.717) is 0 Å². The van der Waals surface area contributed by atoms with Gasteiger partial charge in [0.1, 0.15) is 6.10 Å². The van der Waals surface area contributed by atoms with E-state index in [1.54, 1.807) is 12.5 Å². The van der Waals surface area contributed by atoms with Crippen molar-refractivity contribution in [1.82, 2.24) is 0 Å². The van der Waals surface area contributed by atoms with E-state index in [-0.39, 0.29) is 18.0 Å². The lowest BCUT2D eigenvalue weighted by molar-refractivity contribution is -0.158. The van der Waals surface area contributed by atoms with Gasteiger partial charge in [0.2, 0.25) is 6.10 Å². The highest BCUT2D eigenvalue weighted by Crippen LogP contribution is 2.29. The van der Waals surface area contributed by atoms with E-state index in [2.05, 4.69) is 0 Å². The van der Waals surface area contributed by atoms with Crippen LogP contribution in [0.4, 0.5) is 0 Å². The first-order valence-electron chi connectivity index (χ1n) is 5.51. The number of allylic oxidation sites excluding steroid dienone is 2. The first kappa shape index (κ1) is 11.0. The van der Waals surface area contributed by atoms with E-state index in [4.69, 9.17) is 14.2 Å². The normalized spacial score (nSPS) is 32.7. The molecule has 0 radical (unpaired) electrons. The van der Waals surface area contributed by atoms with Gasteiger partial charge in [-0.15, -0.1) is 0 Å². The molecule has 0 aliphatic carbocycles. The Morgan fingerprint density at radius 1 is 1.31 bits per heavy atom. The predicted octanol–water partition coefficient (Wildman–Crippen LogP) is 1.77. The van der Waals surface area contributed by atoms with Crippen LogP contribution in [0.25, 0.3) is 0 Å². The van der Waals surface area contributed by atoms with Crippen molar-refractivity contribution in [1.29, 1.82) is 0 Å². The van der Waals surface area contributed by atoms with Gasteiger partial charge < -0.3 is 14.2 Å². The van der Waals surface area contributed by atoms with Gasteiger partial charge in [0.05, 0.1) is 19.6 Å². The van der Waals surface area contributed by atoms with Crippen LogP contribution in [0.15, 0.2) is 24.7 Å². The van der Waals surface area contributed by atoms with Crippen LogP contribution >= 0.6 is 0 Å². The summed E-state index contributed by atoms with van der Waals surface area (Å²) in [6, 6.07) is 0. The largest absolute Gasteiger partial charge is 0.498 e. The second kappa shape index (κ2) is 5.05. The van der Waals surface area contributed by atoms with Gasteiger partial charge in [-0.3, -0.25) is 0 Å². The van der Waals surface area contributed by atoms with Crippen LogP contribution in [0, 0.1) is 5.92 Å². The highest BCUT2D eigenvalue weighted by Gasteiger charge is 2.38. The molecule has 0 spiro atoms. The molecule has 4 nitrogen and oxygen atoms in total. The monoisotopic (exact) mass is 224 g/mol. The van der Waals surface area contributed by atoms with Crippen LogP contribution in [-0.2, 0) is 19.0 Å². The molecule has 0 bridgehead atoms. The van der Waals surface area contributed by atoms with E-state index in [1.165, 1.54) is 7.11 Å². The quantitative estimate of drug-likeness (QED) is 0.670. The lowest BCUT2D eigenvalue weighted by atomic mass is 9.87. The Bertz CT molecular complexity index is 308. The fourth-order valence-electron chi connectivity index (χ4n) is 2.14. The van der Waals surface area contributed by atoms with Gasteiger partial charge in [0.25, 0.3) is 0 Å². The predicted molar refractivity (Wildman–Crippen MR) is 57.4 cm³/mol. The zero-order chi connectivity index (χ0) is 11.4. The van der Waals surface area contributed by atoms with Crippen molar-refractivity contribution in [2.24, 2.45) is 5.92 Å². The highest BCUT2D eigenvalue weighted by molar-refractivity contribution is 5.75. The molecule has 88 valence electrons. The molecule has 2 aliphatic heterocycles. The highest BCUT2D eigenvalue weighted by atomic mass is 16.6. The molecule has 3 unspecified atom stereocenters. The van der Waals surface area contributed by atoms with Crippen LogP contribution in [-0.4, -0.2) is 25.3 Å². The first-order chi connectivity index (χ1) is 7.83. The minimum Gasteiger partial charge on any atom is -0.498 e. The summed E-state index contributed by atoms with van der Waals surface area (Å²) >= 11 is 0. The summed E-state index contributed by atoms with van der Waals surface area (Å²) in [6.07, 6.45) is 9.39. The maximum atomic E-state index is 11.6. The van der Waals surface area contributed by atoms with Crippen LogP contribution in [0.2, 0.25) is 0 Å². The molecular formula is C12H16O4. The maximum Gasteiger partial charge on any atom is 0.347 e. The molecule has 4 heteroatoms. The second-order valence-corrected chi connectivity index (χ2v) is 3.97. The summed E-state index contributed by atoms with van der Waals surface area (Å²) in [5.41, 5.74) is 0. The van der Waals surface area contributed by atoms with Gasteiger partial charge >= 0.3 is 5.97 Å². The smallest absolute Gasteiger partial charge is 0.347 e. The number of hydrogen-bond donors (Lipinski definition) is 0. The molecule has 0 N–H and O–H groups in total. The topological polar surface area (TPSA) is 44.8 Å². The van der Waals surface area contributed by atoms with E-state index >= 15 is 0 Å². The summed E-state index contributed by atoms with van der Waals surface area (Å²) in [7, 11) is 1.38. The number of carbonyl (C=O) groups is 1. The lowest BCUT2D eigenvalue weighted by Crippen LogP contribution is -2.41. The Labute approximate surface area is 94.9 Å². The van der Waals surface area contributed by atoms with Crippen LogP contribution in [0.3, 0.4) is 0 Å². The average molecular weight is 224 g/mol. The van der Waals surface area contributed by atoms with Gasteiger partial charge in [0.15, 0.2) is 0 Å². The molecule has 0 saturated carbocycles. The summed E-state index contributed by atoms with van der Waals surface area (Å²) in [5.74, 6) is -0.282. The SMILES string of the molecule is COC(=O)C1OC=CCC1C1CCC=CO1. The number of esters is 1. The molecule has 0 aromatic rings. The molecular weight excluding hydrogens is 208 g/mol. The van der Waals surface area contributed by atoms with Crippen LogP contribution in [0.5, 0.6) is 0 Å². The van der Waals surface area contributed by atoms with Gasteiger partial charge in [0, 0.05) is 5.92 Å². The molecule has 0 saturated heterocycles. The summed E-state index contributed by atoms with van der Waals surface area (Å²) in [6.45, 7) is 0. The molecule has 2 aliphatic rings. The fraction of sp³-hybridized carbons (Fsp3) is 0.583. The number of carbonyl (C=O) groups excluding carboxylic acids is 1. The number of ether oxygens (including phenoxy) is 3. The molecule has 0 amide bonds. The Kier molecular flexibility index (Phi) is 3.49. The van der Waals surface area contributed by atoms with Crippen molar-refractivity contribution in [3.63, 3.8) is 0 Å². The number of hydrogen-bond acceptors (Lipinski definition) is 4. The Hall–Kier alpha value is -1.45. The van der Waals surface area contributed by atoms with Crippen molar-refractivity contribution >= 4 is 5.97 Å². The zero-order valence-electron chi connectivity index (χ0n) is 9.30. The van der Waals surface area contributed by atoms with Gasteiger partial charge in [-0.05, 0) is 31.4 Å². The van der Waals surface area contributed by atoms with Gasteiger partial charge in [-0.2, -0.15) is 0 Å². The van der Waals surface area contributed by atoms with Crippen LogP contribution in [0.1, 0.15) is 19.3 Å². The van der Waals surface area contributed by atoms with E-state index in [9.17, 15) is 4.79 Å². The fourth-order valence-corrected chi connectivity index (χ4v) is 2.14. The summed E-state index contributed by atoms with van der Waals surface area (Å²) in [4.78, 5) is 11.6. The first-order valence-corrected chi connectivity index (χ1v) is 5.51. The zero-order valence-corrected chi connectivity index (χ0v) is 9.30. The molecule has 2 heterocycles. The maximum absolute atomic E-state index is 11.6. The summed E-state index contributed by atoms with van der Waals surface area (Å²) in [5, 5.41) is 0. The van der Waals surface area contributed by atoms with Crippen molar-refractivity contribution < 1.29 is 19.0 Å². The Morgan fingerprint density at radius 3 is 2.81 bits per heavy atom. The van der Waals surface area contributed by atoms with Gasteiger partial charge in [-0.1, -0.05) is 0 Å². The average Bonchev–Trinajstić information content (AvgIpc) is 2.39. The Morgan fingerprint density at radius 2 is 2.12 bits per heavy atom. The van der Waals surface area contributed by atoms with E-state index in [1.807, 2.05) is 12.2 Å². The van der Waals surface area contributed by atoms with E-state index < -0.39 is 6.10 Å². The second-order valence-electron chi connectivity index (χ2n) is 3.97. The van der Waals surface area contributed by atoms with E-state index in [0.717, 1.165) is 19.3 Å². The Balaban J connectivity index is 2.07. The molecule has 0 aromatic heterocycles. The van der Waals surface area contributed by atoms with Crippen molar-refractivity contribution in [3.05, 3.63) is 24.7 Å².